The average Bonchev–Trinajstić information content (AvgIpc) is 3.15. The van der Waals surface area contributed by atoms with Crippen molar-refractivity contribution in [1.82, 2.24) is 14.9 Å². The molecule has 1 unspecified atom stereocenters. The normalized spacial score (nSPS) is 19.0. The predicted octanol–water partition coefficient (Wildman–Crippen LogP) is 3.09. The molecular formula is C20H20N4. The van der Waals surface area contributed by atoms with Crippen LogP contribution >= 0.6 is 0 Å². The van der Waals surface area contributed by atoms with Crippen molar-refractivity contribution in [2.45, 2.75) is 19.0 Å². The molecule has 1 atom stereocenters. The van der Waals surface area contributed by atoms with Crippen LogP contribution in [0.2, 0.25) is 0 Å². The molecule has 2 aromatic carbocycles. The molecule has 2 heterocycles. The van der Waals surface area contributed by atoms with E-state index >= 15 is 0 Å². The molecule has 0 saturated heterocycles. The lowest BCUT2D eigenvalue weighted by atomic mass is 9.99. The van der Waals surface area contributed by atoms with Crippen LogP contribution < -0.4 is 5.73 Å². The highest BCUT2D eigenvalue weighted by molar-refractivity contribution is 5.89. The number of rotatable bonds is 1. The lowest BCUT2D eigenvalue weighted by Gasteiger charge is -2.20. The Morgan fingerprint density at radius 1 is 1.08 bits per heavy atom. The second kappa shape index (κ2) is 5.03. The summed E-state index contributed by atoms with van der Waals surface area (Å²) in [7, 11) is 2.15. The minimum atomic E-state index is -0.0492. The van der Waals surface area contributed by atoms with E-state index in [0.717, 1.165) is 30.9 Å². The lowest BCUT2D eigenvalue weighted by Crippen LogP contribution is -2.26. The Kier molecular flexibility index (Phi) is 2.93. The van der Waals surface area contributed by atoms with E-state index in [-0.39, 0.29) is 6.04 Å². The van der Waals surface area contributed by atoms with Gasteiger partial charge in [0.25, 0.3) is 0 Å². The van der Waals surface area contributed by atoms with Crippen molar-refractivity contribution in [2.24, 2.45) is 5.73 Å². The van der Waals surface area contributed by atoms with Crippen LogP contribution in [0.5, 0.6) is 0 Å². The molecule has 0 radical (unpaired) electrons. The lowest BCUT2D eigenvalue weighted by molar-refractivity contribution is 0.307. The number of fused-ring (bicyclic) bond motifs is 4. The number of benzene rings is 2. The van der Waals surface area contributed by atoms with Crippen LogP contribution in [0.4, 0.5) is 0 Å². The molecule has 1 aromatic heterocycles. The first kappa shape index (κ1) is 14.0. The molecule has 0 spiro atoms. The minimum absolute atomic E-state index is 0.0492. The Morgan fingerprint density at radius 2 is 1.88 bits per heavy atom. The smallest absolute Gasteiger partial charge is 0.138 e. The van der Waals surface area contributed by atoms with Gasteiger partial charge in [-0.25, -0.2) is 4.98 Å². The highest BCUT2D eigenvalue weighted by Crippen LogP contribution is 2.46. The maximum atomic E-state index is 6.48. The highest BCUT2D eigenvalue weighted by atomic mass is 15.1. The van der Waals surface area contributed by atoms with Crippen LogP contribution in [0, 0.1) is 0 Å². The summed E-state index contributed by atoms with van der Waals surface area (Å²) in [6, 6.07) is 14.8. The second-order valence-electron chi connectivity index (χ2n) is 6.83. The first-order valence-corrected chi connectivity index (χ1v) is 8.47. The minimum Gasteiger partial charge on any atom is -0.341 e. The molecule has 4 heteroatoms. The topological polar surface area (TPSA) is 57.9 Å². The van der Waals surface area contributed by atoms with Gasteiger partial charge in [-0.2, -0.15) is 0 Å². The molecule has 0 bridgehead atoms. The summed E-state index contributed by atoms with van der Waals surface area (Å²) >= 11 is 0. The zero-order valence-electron chi connectivity index (χ0n) is 13.7. The molecular weight excluding hydrogens is 296 g/mol. The standard InChI is InChI=1S/C20H20N4/c1-24-10-9-16-17(11-24)23-20(22-16)15-8-4-7-14-18(15)12-5-2-3-6-13(12)19(14)21/h2-8,19H,9-11,21H2,1H3,(H,22,23). The van der Waals surface area contributed by atoms with Crippen LogP contribution in [-0.2, 0) is 13.0 Å². The average molecular weight is 316 g/mol. The van der Waals surface area contributed by atoms with Gasteiger partial charge in [0.05, 0.1) is 17.4 Å². The number of nitrogens with zero attached hydrogens (tertiary/aromatic N) is 2. The van der Waals surface area contributed by atoms with Gasteiger partial charge < -0.3 is 15.6 Å². The van der Waals surface area contributed by atoms with Crippen LogP contribution in [0.1, 0.15) is 28.6 Å². The third kappa shape index (κ3) is 1.90. The Labute approximate surface area is 141 Å². The van der Waals surface area contributed by atoms with Crippen LogP contribution in [0.25, 0.3) is 22.5 Å². The second-order valence-corrected chi connectivity index (χ2v) is 6.83. The number of aromatic amines is 1. The van der Waals surface area contributed by atoms with Crippen molar-refractivity contribution < 1.29 is 0 Å². The van der Waals surface area contributed by atoms with Crippen LogP contribution in [0.3, 0.4) is 0 Å². The number of nitrogens with one attached hydrogen (secondary N) is 1. The predicted molar refractivity (Wildman–Crippen MR) is 95.5 cm³/mol. The fraction of sp³-hybridized carbons (Fsp3) is 0.250. The third-order valence-corrected chi connectivity index (χ3v) is 5.27. The molecule has 0 amide bonds. The maximum Gasteiger partial charge on any atom is 0.138 e. The fourth-order valence-corrected chi connectivity index (χ4v) is 4.05. The third-order valence-electron chi connectivity index (χ3n) is 5.27. The Bertz CT molecular complexity index is 941. The fourth-order valence-electron chi connectivity index (χ4n) is 4.05. The summed E-state index contributed by atoms with van der Waals surface area (Å²) < 4.78 is 0. The number of nitrogens with two attached hydrogens (primary N) is 1. The van der Waals surface area contributed by atoms with Gasteiger partial charge in [0.15, 0.2) is 0 Å². The zero-order chi connectivity index (χ0) is 16.3. The number of aromatic nitrogens is 2. The van der Waals surface area contributed by atoms with Crippen LogP contribution in [0.15, 0.2) is 42.5 Å². The van der Waals surface area contributed by atoms with E-state index in [1.54, 1.807) is 0 Å². The maximum absolute atomic E-state index is 6.48. The van der Waals surface area contributed by atoms with Crippen molar-refractivity contribution in [3.63, 3.8) is 0 Å². The molecule has 24 heavy (non-hydrogen) atoms. The first-order chi connectivity index (χ1) is 11.7. The highest BCUT2D eigenvalue weighted by Gasteiger charge is 2.29. The summed E-state index contributed by atoms with van der Waals surface area (Å²) in [4.78, 5) is 10.8. The van der Waals surface area contributed by atoms with Crippen molar-refractivity contribution >= 4 is 0 Å². The quantitative estimate of drug-likeness (QED) is 0.725. The number of hydrogen-bond donors (Lipinski definition) is 2. The molecule has 120 valence electrons. The summed E-state index contributed by atoms with van der Waals surface area (Å²) in [5, 5.41) is 0. The largest absolute Gasteiger partial charge is 0.341 e. The zero-order valence-corrected chi connectivity index (χ0v) is 13.7. The van der Waals surface area contributed by atoms with Gasteiger partial charge in [-0.15, -0.1) is 0 Å². The van der Waals surface area contributed by atoms with Crippen molar-refractivity contribution in [2.75, 3.05) is 13.6 Å². The van der Waals surface area contributed by atoms with Crippen molar-refractivity contribution in [3.05, 3.63) is 65.0 Å². The summed E-state index contributed by atoms with van der Waals surface area (Å²) in [5.41, 5.74) is 15.0. The number of likely N-dealkylation sites (N-methyl/N-ethyl adjacent to an activating group) is 1. The van der Waals surface area contributed by atoms with E-state index in [1.165, 1.54) is 33.6 Å². The summed E-state index contributed by atoms with van der Waals surface area (Å²) in [6.45, 7) is 2.01. The van der Waals surface area contributed by atoms with Gasteiger partial charge in [-0.1, -0.05) is 42.5 Å². The van der Waals surface area contributed by atoms with Gasteiger partial charge in [-0.3, -0.25) is 0 Å². The van der Waals surface area contributed by atoms with Gasteiger partial charge in [0, 0.05) is 25.1 Å². The van der Waals surface area contributed by atoms with E-state index in [1.807, 2.05) is 0 Å². The van der Waals surface area contributed by atoms with Crippen molar-refractivity contribution in [1.29, 1.82) is 0 Å². The molecule has 1 aliphatic heterocycles. The Balaban J connectivity index is 1.71. The van der Waals surface area contributed by atoms with E-state index < -0.39 is 0 Å². The molecule has 1 aliphatic carbocycles. The van der Waals surface area contributed by atoms with Gasteiger partial charge in [-0.05, 0) is 29.3 Å². The molecule has 3 aromatic rings. The van der Waals surface area contributed by atoms with E-state index in [2.05, 4.69) is 59.4 Å². The van der Waals surface area contributed by atoms with E-state index in [9.17, 15) is 0 Å². The van der Waals surface area contributed by atoms with E-state index in [0.29, 0.717) is 0 Å². The molecule has 5 rings (SSSR count). The number of imidazole rings is 1. The SMILES string of the molecule is CN1CCc2nc(-c3cccc4c3-c3ccccc3C4N)[nH]c2C1. The molecule has 0 saturated carbocycles. The van der Waals surface area contributed by atoms with E-state index in [4.69, 9.17) is 10.7 Å². The molecule has 4 nitrogen and oxygen atoms in total. The molecule has 2 aliphatic rings. The number of hydrogen-bond acceptors (Lipinski definition) is 3. The molecule has 3 N–H and O–H groups in total. The summed E-state index contributed by atoms with van der Waals surface area (Å²) in [5.74, 6) is 0.969. The van der Waals surface area contributed by atoms with Gasteiger partial charge in [0.2, 0.25) is 0 Å². The van der Waals surface area contributed by atoms with Crippen molar-refractivity contribution in [3.8, 4) is 22.5 Å². The Hall–Kier alpha value is -2.43. The van der Waals surface area contributed by atoms with Crippen LogP contribution in [-0.4, -0.2) is 28.5 Å². The Morgan fingerprint density at radius 3 is 2.79 bits per heavy atom. The monoisotopic (exact) mass is 316 g/mol. The van der Waals surface area contributed by atoms with Gasteiger partial charge in [0.1, 0.15) is 5.82 Å². The summed E-state index contributed by atoms with van der Waals surface area (Å²) in [6.07, 6.45) is 1.01. The molecule has 0 fully saturated rings. The first-order valence-electron chi connectivity index (χ1n) is 8.47. The van der Waals surface area contributed by atoms with Gasteiger partial charge >= 0.3 is 0 Å². The number of H-pyrrole nitrogens is 1.